The van der Waals surface area contributed by atoms with Gasteiger partial charge in [-0.25, -0.2) is 4.98 Å². The second kappa shape index (κ2) is 9.32. The van der Waals surface area contributed by atoms with E-state index in [1.807, 2.05) is 55.5 Å². The number of benzene rings is 2. The number of rotatable bonds is 8. The van der Waals surface area contributed by atoms with Gasteiger partial charge in [-0.3, -0.25) is 9.59 Å². The summed E-state index contributed by atoms with van der Waals surface area (Å²) in [5, 5.41) is 3.38. The molecule has 3 rings (SSSR count). The van der Waals surface area contributed by atoms with Crippen molar-refractivity contribution in [3.63, 3.8) is 0 Å². The number of anilines is 1. The van der Waals surface area contributed by atoms with Gasteiger partial charge in [-0.2, -0.15) is 0 Å². The second-order valence-electron chi connectivity index (χ2n) is 6.31. The third-order valence-corrected chi connectivity index (χ3v) is 5.12. The lowest BCUT2D eigenvalue weighted by Crippen LogP contribution is -2.31. The Balaban J connectivity index is 1.58. The zero-order chi connectivity index (χ0) is 19.9. The van der Waals surface area contributed by atoms with Gasteiger partial charge in [-0.1, -0.05) is 41.7 Å². The fraction of sp³-hybridized carbons (Fsp3) is 0.286. The minimum atomic E-state index is -0.164. The van der Waals surface area contributed by atoms with Crippen LogP contribution in [-0.4, -0.2) is 34.8 Å². The Kier molecular flexibility index (Phi) is 6.60. The number of thiazole rings is 1. The van der Waals surface area contributed by atoms with E-state index in [2.05, 4.69) is 10.3 Å². The quantitative estimate of drug-likeness (QED) is 0.622. The highest BCUT2D eigenvalue weighted by Gasteiger charge is 2.13. The summed E-state index contributed by atoms with van der Waals surface area (Å²) in [6.45, 7) is 4.90. The molecule has 0 fully saturated rings. The molecule has 1 heterocycles. The predicted molar refractivity (Wildman–Crippen MR) is 112 cm³/mol. The topological polar surface area (TPSA) is 71.5 Å². The summed E-state index contributed by atoms with van der Waals surface area (Å²) in [5.41, 5.74) is 1.85. The van der Waals surface area contributed by atoms with Crippen molar-refractivity contribution in [2.24, 2.45) is 0 Å². The molecule has 2 aromatic carbocycles. The molecule has 1 aromatic heterocycles. The Morgan fingerprint density at radius 1 is 1.18 bits per heavy atom. The molecule has 1 N–H and O–H groups in total. The SMILES string of the molecule is CCOc1ccc2nc(NC(=O)CCN(Cc3ccccc3)C(C)=O)sc2c1. The van der Waals surface area contributed by atoms with Gasteiger partial charge in [0.15, 0.2) is 5.13 Å². The summed E-state index contributed by atoms with van der Waals surface area (Å²) in [4.78, 5) is 30.3. The summed E-state index contributed by atoms with van der Waals surface area (Å²) in [6.07, 6.45) is 0.215. The van der Waals surface area contributed by atoms with Crippen LogP contribution in [0.15, 0.2) is 48.5 Å². The van der Waals surface area contributed by atoms with Gasteiger partial charge < -0.3 is 15.0 Å². The number of hydrogen-bond acceptors (Lipinski definition) is 5. The van der Waals surface area contributed by atoms with Crippen molar-refractivity contribution in [3.05, 3.63) is 54.1 Å². The number of nitrogens with zero attached hydrogens (tertiary/aromatic N) is 2. The average Bonchev–Trinajstić information content (AvgIpc) is 3.07. The normalized spacial score (nSPS) is 10.6. The van der Waals surface area contributed by atoms with E-state index in [0.717, 1.165) is 21.5 Å². The van der Waals surface area contributed by atoms with E-state index in [-0.39, 0.29) is 18.2 Å². The predicted octanol–water partition coefficient (Wildman–Crippen LogP) is 4.07. The molecule has 0 saturated heterocycles. The number of aromatic nitrogens is 1. The molecule has 0 aliphatic carbocycles. The van der Waals surface area contributed by atoms with E-state index < -0.39 is 0 Å². The molecular formula is C21H23N3O3S. The van der Waals surface area contributed by atoms with Crippen molar-refractivity contribution in [2.75, 3.05) is 18.5 Å². The minimum absolute atomic E-state index is 0.0555. The second-order valence-corrected chi connectivity index (χ2v) is 7.34. The Hall–Kier alpha value is -2.93. The van der Waals surface area contributed by atoms with Crippen LogP contribution in [0, 0.1) is 0 Å². The molecule has 28 heavy (non-hydrogen) atoms. The Bertz CT molecular complexity index is 956. The first-order chi connectivity index (χ1) is 13.5. The lowest BCUT2D eigenvalue weighted by molar-refractivity contribution is -0.129. The fourth-order valence-electron chi connectivity index (χ4n) is 2.78. The number of ether oxygens (including phenoxy) is 1. The number of carbonyl (C=O) groups excluding carboxylic acids is 2. The molecule has 0 atom stereocenters. The van der Waals surface area contributed by atoms with E-state index in [4.69, 9.17) is 4.74 Å². The highest BCUT2D eigenvalue weighted by atomic mass is 32.1. The molecule has 0 aliphatic heterocycles. The monoisotopic (exact) mass is 397 g/mol. The van der Waals surface area contributed by atoms with Crippen LogP contribution in [0.5, 0.6) is 5.75 Å². The summed E-state index contributed by atoms with van der Waals surface area (Å²) in [5.74, 6) is 0.568. The molecule has 0 unspecified atom stereocenters. The third-order valence-electron chi connectivity index (χ3n) is 4.19. The average molecular weight is 398 g/mol. The van der Waals surface area contributed by atoms with Crippen LogP contribution in [0.2, 0.25) is 0 Å². The van der Waals surface area contributed by atoms with Gasteiger partial charge in [0, 0.05) is 26.4 Å². The van der Waals surface area contributed by atoms with Crippen LogP contribution in [-0.2, 0) is 16.1 Å². The largest absolute Gasteiger partial charge is 0.494 e. The standard InChI is InChI=1S/C21H23N3O3S/c1-3-27-17-9-10-18-19(13-17)28-21(22-18)23-20(26)11-12-24(15(2)25)14-16-7-5-4-6-8-16/h4-10,13H,3,11-12,14H2,1-2H3,(H,22,23,26). The van der Waals surface area contributed by atoms with Crippen molar-refractivity contribution in [1.29, 1.82) is 0 Å². The van der Waals surface area contributed by atoms with Crippen LogP contribution >= 0.6 is 11.3 Å². The van der Waals surface area contributed by atoms with E-state index >= 15 is 0 Å². The summed E-state index contributed by atoms with van der Waals surface area (Å²) >= 11 is 1.41. The summed E-state index contributed by atoms with van der Waals surface area (Å²) in [7, 11) is 0. The van der Waals surface area contributed by atoms with Crippen LogP contribution in [0.1, 0.15) is 25.8 Å². The zero-order valence-corrected chi connectivity index (χ0v) is 16.8. The van der Waals surface area contributed by atoms with Crippen molar-refractivity contribution >= 4 is 38.5 Å². The molecule has 7 heteroatoms. The maximum Gasteiger partial charge on any atom is 0.227 e. The van der Waals surface area contributed by atoms with Crippen LogP contribution in [0.4, 0.5) is 5.13 Å². The fourth-order valence-corrected chi connectivity index (χ4v) is 3.70. The van der Waals surface area contributed by atoms with E-state index in [9.17, 15) is 9.59 Å². The number of carbonyl (C=O) groups is 2. The van der Waals surface area contributed by atoms with Gasteiger partial charge in [0.25, 0.3) is 0 Å². The third kappa shape index (κ3) is 5.29. The zero-order valence-electron chi connectivity index (χ0n) is 16.0. The number of fused-ring (bicyclic) bond motifs is 1. The Morgan fingerprint density at radius 2 is 1.96 bits per heavy atom. The molecule has 2 amide bonds. The highest BCUT2D eigenvalue weighted by Crippen LogP contribution is 2.29. The number of hydrogen-bond donors (Lipinski definition) is 1. The maximum absolute atomic E-state index is 12.3. The van der Waals surface area contributed by atoms with Gasteiger partial charge in [-0.15, -0.1) is 0 Å². The number of amides is 2. The van der Waals surface area contributed by atoms with E-state index in [1.54, 1.807) is 4.90 Å². The minimum Gasteiger partial charge on any atom is -0.494 e. The summed E-state index contributed by atoms with van der Waals surface area (Å²) < 4.78 is 6.45. The smallest absolute Gasteiger partial charge is 0.227 e. The molecular weight excluding hydrogens is 374 g/mol. The van der Waals surface area contributed by atoms with Gasteiger partial charge in [0.05, 0.1) is 16.8 Å². The van der Waals surface area contributed by atoms with Gasteiger partial charge >= 0.3 is 0 Å². The molecule has 3 aromatic rings. The van der Waals surface area contributed by atoms with Crippen molar-refractivity contribution in [2.45, 2.75) is 26.8 Å². The molecule has 0 aliphatic rings. The lowest BCUT2D eigenvalue weighted by Gasteiger charge is -2.20. The van der Waals surface area contributed by atoms with E-state index in [0.29, 0.717) is 24.8 Å². The molecule has 0 radical (unpaired) electrons. The molecule has 0 bridgehead atoms. The Labute approximate surface area is 168 Å². The summed E-state index contributed by atoms with van der Waals surface area (Å²) in [6, 6.07) is 15.4. The number of nitrogens with one attached hydrogen (secondary N) is 1. The van der Waals surface area contributed by atoms with Crippen molar-refractivity contribution in [1.82, 2.24) is 9.88 Å². The van der Waals surface area contributed by atoms with E-state index in [1.165, 1.54) is 18.3 Å². The lowest BCUT2D eigenvalue weighted by atomic mass is 10.2. The van der Waals surface area contributed by atoms with Crippen molar-refractivity contribution in [3.8, 4) is 5.75 Å². The molecule has 6 nitrogen and oxygen atoms in total. The van der Waals surface area contributed by atoms with Crippen LogP contribution in [0.3, 0.4) is 0 Å². The molecule has 0 spiro atoms. The van der Waals surface area contributed by atoms with Crippen molar-refractivity contribution < 1.29 is 14.3 Å². The molecule has 0 saturated carbocycles. The first-order valence-electron chi connectivity index (χ1n) is 9.18. The van der Waals surface area contributed by atoms with Crippen LogP contribution < -0.4 is 10.1 Å². The maximum atomic E-state index is 12.3. The first kappa shape index (κ1) is 19.8. The Morgan fingerprint density at radius 3 is 2.68 bits per heavy atom. The van der Waals surface area contributed by atoms with Gasteiger partial charge in [0.1, 0.15) is 5.75 Å². The highest BCUT2D eigenvalue weighted by molar-refractivity contribution is 7.22. The van der Waals surface area contributed by atoms with Gasteiger partial charge in [0.2, 0.25) is 11.8 Å². The molecule has 146 valence electrons. The van der Waals surface area contributed by atoms with Crippen LogP contribution in [0.25, 0.3) is 10.2 Å². The first-order valence-corrected chi connectivity index (χ1v) is 9.99. The van der Waals surface area contributed by atoms with Gasteiger partial charge in [-0.05, 0) is 30.7 Å².